The maximum absolute atomic E-state index is 11.9. The average molecular weight is 307 g/mol. The van der Waals surface area contributed by atoms with E-state index in [1.165, 1.54) is 0 Å². The van der Waals surface area contributed by atoms with Gasteiger partial charge in [0.2, 0.25) is 5.91 Å². The number of benzene rings is 1. The van der Waals surface area contributed by atoms with E-state index in [9.17, 15) is 9.59 Å². The van der Waals surface area contributed by atoms with Crippen molar-refractivity contribution in [1.29, 1.82) is 0 Å². The molecular formula is C16H21NO5. The molecule has 1 saturated carbocycles. The maximum Gasteiger partial charge on any atom is 0.307 e. The number of aliphatic carboxylic acids is 1. The molecule has 1 amide bonds. The van der Waals surface area contributed by atoms with E-state index in [1.54, 1.807) is 31.4 Å². The van der Waals surface area contributed by atoms with E-state index in [4.69, 9.17) is 14.6 Å². The van der Waals surface area contributed by atoms with E-state index in [1.807, 2.05) is 6.92 Å². The molecule has 0 aliphatic heterocycles. The fraction of sp³-hybridized carbons (Fsp3) is 0.500. The molecule has 1 aliphatic carbocycles. The van der Waals surface area contributed by atoms with Crippen molar-refractivity contribution in [2.45, 2.75) is 25.9 Å². The van der Waals surface area contributed by atoms with Crippen molar-refractivity contribution in [3.63, 3.8) is 0 Å². The predicted octanol–water partition coefficient (Wildman–Crippen LogP) is 1.69. The van der Waals surface area contributed by atoms with Gasteiger partial charge in [-0.15, -0.1) is 0 Å². The Bertz CT molecular complexity index is 528. The highest BCUT2D eigenvalue weighted by Gasteiger charge is 2.41. The Morgan fingerprint density at radius 2 is 1.82 bits per heavy atom. The minimum Gasteiger partial charge on any atom is -0.497 e. The second-order valence-electron chi connectivity index (χ2n) is 5.48. The summed E-state index contributed by atoms with van der Waals surface area (Å²) >= 11 is 0. The van der Waals surface area contributed by atoms with Crippen LogP contribution in [0.3, 0.4) is 0 Å². The number of hydrogen-bond acceptors (Lipinski definition) is 4. The number of carbonyl (C=O) groups excluding carboxylic acids is 1. The Hall–Kier alpha value is -2.24. The van der Waals surface area contributed by atoms with Crippen molar-refractivity contribution in [1.82, 2.24) is 5.32 Å². The molecule has 6 heteroatoms. The fourth-order valence-electron chi connectivity index (χ4n) is 2.41. The van der Waals surface area contributed by atoms with Gasteiger partial charge in [-0.2, -0.15) is 0 Å². The molecule has 1 fully saturated rings. The van der Waals surface area contributed by atoms with Crippen LogP contribution in [0, 0.1) is 11.8 Å². The number of amides is 1. The average Bonchev–Trinajstić information content (AvgIpc) is 2.44. The van der Waals surface area contributed by atoms with E-state index in [0.717, 1.165) is 5.75 Å². The van der Waals surface area contributed by atoms with Crippen LogP contribution in [-0.4, -0.2) is 36.7 Å². The molecule has 1 aromatic rings. The number of carbonyl (C=O) groups is 2. The van der Waals surface area contributed by atoms with Gasteiger partial charge in [-0.1, -0.05) is 0 Å². The molecule has 22 heavy (non-hydrogen) atoms. The van der Waals surface area contributed by atoms with Gasteiger partial charge in [-0.3, -0.25) is 9.59 Å². The van der Waals surface area contributed by atoms with Crippen LogP contribution < -0.4 is 14.8 Å². The molecule has 120 valence electrons. The van der Waals surface area contributed by atoms with Crippen LogP contribution in [0.15, 0.2) is 24.3 Å². The van der Waals surface area contributed by atoms with E-state index < -0.39 is 17.8 Å². The quantitative estimate of drug-likeness (QED) is 0.800. The van der Waals surface area contributed by atoms with Crippen molar-refractivity contribution in [3.8, 4) is 11.5 Å². The zero-order chi connectivity index (χ0) is 16.1. The zero-order valence-electron chi connectivity index (χ0n) is 12.7. The van der Waals surface area contributed by atoms with Gasteiger partial charge in [0.1, 0.15) is 17.6 Å². The third-order valence-electron chi connectivity index (χ3n) is 3.89. The van der Waals surface area contributed by atoms with Crippen molar-refractivity contribution in [2.75, 3.05) is 13.7 Å². The summed E-state index contributed by atoms with van der Waals surface area (Å²) in [6.45, 7) is 2.19. The second kappa shape index (κ2) is 7.15. The second-order valence-corrected chi connectivity index (χ2v) is 5.48. The lowest BCUT2D eigenvalue weighted by Crippen LogP contribution is -2.46. The first-order chi connectivity index (χ1) is 10.5. The standard InChI is InChI=1S/C16H21NO5/c1-10(22-12-5-3-11(21-2)4-6-12)9-17-15(18)13-7-8-14(13)16(19)20/h3-6,10,13-14H,7-9H2,1-2H3,(H,17,18)(H,19,20). The molecule has 3 unspecified atom stereocenters. The topological polar surface area (TPSA) is 84.9 Å². The first-order valence-corrected chi connectivity index (χ1v) is 7.32. The van der Waals surface area contributed by atoms with Gasteiger partial charge in [0, 0.05) is 0 Å². The molecular weight excluding hydrogens is 286 g/mol. The van der Waals surface area contributed by atoms with Crippen LogP contribution >= 0.6 is 0 Å². The van der Waals surface area contributed by atoms with Crippen molar-refractivity contribution < 1.29 is 24.2 Å². The molecule has 0 aromatic heterocycles. The van der Waals surface area contributed by atoms with E-state index >= 15 is 0 Å². The number of ether oxygens (including phenoxy) is 2. The Kier molecular flexibility index (Phi) is 5.25. The normalized spacial score (nSPS) is 21.4. The first kappa shape index (κ1) is 16.1. The minimum atomic E-state index is -0.895. The van der Waals surface area contributed by atoms with Crippen molar-refractivity contribution in [2.24, 2.45) is 11.8 Å². The first-order valence-electron chi connectivity index (χ1n) is 7.32. The number of carboxylic acids is 1. The highest BCUT2D eigenvalue weighted by molar-refractivity contribution is 5.86. The molecule has 0 saturated heterocycles. The number of methoxy groups -OCH3 is 1. The molecule has 0 bridgehead atoms. The monoisotopic (exact) mass is 307 g/mol. The molecule has 2 rings (SSSR count). The SMILES string of the molecule is COc1ccc(OC(C)CNC(=O)C2CCC2C(=O)O)cc1. The van der Waals surface area contributed by atoms with Crippen molar-refractivity contribution in [3.05, 3.63) is 24.3 Å². The summed E-state index contributed by atoms with van der Waals surface area (Å²) in [6, 6.07) is 7.19. The molecule has 0 heterocycles. The third kappa shape index (κ3) is 3.90. The highest BCUT2D eigenvalue weighted by Crippen LogP contribution is 2.34. The Balaban J connectivity index is 1.76. The number of nitrogens with one attached hydrogen (secondary N) is 1. The van der Waals surface area contributed by atoms with Crippen LogP contribution in [-0.2, 0) is 9.59 Å². The van der Waals surface area contributed by atoms with Gasteiger partial charge in [0.25, 0.3) is 0 Å². The smallest absolute Gasteiger partial charge is 0.307 e. The molecule has 2 N–H and O–H groups in total. The van der Waals surface area contributed by atoms with E-state index in [2.05, 4.69) is 5.32 Å². The van der Waals surface area contributed by atoms with Crippen LogP contribution in [0.2, 0.25) is 0 Å². The lowest BCUT2D eigenvalue weighted by atomic mass is 9.73. The van der Waals surface area contributed by atoms with Crippen LogP contribution in [0.4, 0.5) is 0 Å². The third-order valence-corrected chi connectivity index (χ3v) is 3.89. The van der Waals surface area contributed by atoms with E-state index in [-0.39, 0.29) is 12.0 Å². The van der Waals surface area contributed by atoms with Crippen LogP contribution in [0.25, 0.3) is 0 Å². The molecule has 0 radical (unpaired) electrons. The highest BCUT2D eigenvalue weighted by atomic mass is 16.5. The summed E-state index contributed by atoms with van der Waals surface area (Å²) < 4.78 is 10.8. The largest absolute Gasteiger partial charge is 0.497 e. The van der Waals surface area contributed by atoms with Gasteiger partial charge in [-0.25, -0.2) is 0 Å². The van der Waals surface area contributed by atoms with Gasteiger partial charge >= 0.3 is 5.97 Å². The van der Waals surface area contributed by atoms with Gasteiger partial charge in [0.15, 0.2) is 0 Å². The number of rotatable bonds is 7. The Morgan fingerprint density at radius 1 is 1.23 bits per heavy atom. The lowest BCUT2D eigenvalue weighted by molar-refractivity contribution is -0.152. The molecule has 3 atom stereocenters. The van der Waals surface area contributed by atoms with Crippen LogP contribution in [0.5, 0.6) is 11.5 Å². The molecule has 6 nitrogen and oxygen atoms in total. The lowest BCUT2D eigenvalue weighted by Gasteiger charge is -2.32. The summed E-state index contributed by atoms with van der Waals surface area (Å²) in [4.78, 5) is 22.8. The summed E-state index contributed by atoms with van der Waals surface area (Å²) in [7, 11) is 1.60. The van der Waals surface area contributed by atoms with Gasteiger partial charge in [-0.05, 0) is 44.0 Å². The summed E-state index contributed by atoms with van der Waals surface area (Å²) in [5.41, 5.74) is 0. The predicted molar refractivity (Wildman–Crippen MR) is 79.9 cm³/mol. The van der Waals surface area contributed by atoms with E-state index in [0.29, 0.717) is 25.1 Å². The molecule has 0 spiro atoms. The van der Waals surface area contributed by atoms with Crippen LogP contribution in [0.1, 0.15) is 19.8 Å². The summed E-state index contributed by atoms with van der Waals surface area (Å²) in [5.74, 6) is -0.617. The van der Waals surface area contributed by atoms with Gasteiger partial charge in [0.05, 0.1) is 25.5 Å². The van der Waals surface area contributed by atoms with Gasteiger partial charge < -0.3 is 19.9 Å². The molecule has 1 aliphatic rings. The number of carboxylic acid groups (broad SMARTS) is 1. The minimum absolute atomic E-state index is 0.205. The molecule has 1 aromatic carbocycles. The zero-order valence-corrected chi connectivity index (χ0v) is 12.7. The summed E-state index contributed by atoms with van der Waals surface area (Å²) in [5, 5.41) is 11.7. The number of hydrogen-bond donors (Lipinski definition) is 2. The summed E-state index contributed by atoms with van der Waals surface area (Å²) in [6.07, 6.45) is 1.00. The van der Waals surface area contributed by atoms with Crippen molar-refractivity contribution >= 4 is 11.9 Å². The fourth-order valence-corrected chi connectivity index (χ4v) is 2.41. The Morgan fingerprint density at radius 3 is 2.32 bits per heavy atom. The maximum atomic E-state index is 11.9. The Labute approximate surface area is 129 Å².